The highest BCUT2D eigenvalue weighted by atomic mass is 16.7. The monoisotopic (exact) mass is 366 g/mol. The van der Waals surface area contributed by atoms with Crippen LogP contribution in [0.25, 0.3) is 0 Å². The zero-order valence-corrected chi connectivity index (χ0v) is 15.9. The van der Waals surface area contributed by atoms with Gasteiger partial charge in [-0.3, -0.25) is 0 Å². The van der Waals surface area contributed by atoms with E-state index in [0.29, 0.717) is 17.4 Å². The van der Waals surface area contributed by atoms with Crippen molar-refractivity contribution in [1.29, 1.82) is 0 Å². The molecule has 0 aromatic heterocycles. The average Bonchev–Trinajstić information content (AvgIpc) is 3.16. The standard InChI is InChI=1S/C22H26N2O3/c1-15(2)16-6-8-17(9-7-16)19-5-3-4-12-24(19)22(25)23-18-10-11-20-21(13-18)27-14-26-20/h6-11,13,15,19H,3-5,12,14H2,1-2H3,(H,23,25). The summed E-state index contributed by atoms with van der Waals surface area (Å²) in [5, 5.41) is 3.02. The lowest BCUT2D eigenvalue weighted by Gasteiger charge is -2.36. The summed E-state index contributed by atoms with van der Waals surface area (Å²) in [7, 11) is 0. The second-order valence-corrected chi connectivity index (χ2v) is 7.52. The fourth-order valence-electron chi connectivity index (χ4n) is 3.79. The molecule has 0 bridgehead atoms. The molecule has 0 radical (unpaired) electrons. The Hall–Kier alpha value is -2.69. The van der Waals surface area contributed by atoms with Crippen LogP contribution in [0, 0.1) is 0 Å². The predicted octanol–water partition coefficient (Wildman–Crippen LogP) is 5.30. The molecule has 4 rings (SSSR count). The maximum absolute atomic E-state index is 13.0. The second-order valence-electron chi connectivity index (χ2n) is 7.52. The minimum Gasteiger partial charge on any atom is -0.454 e. The van der Waals surface area contributed by atoms with Crippen LogP contribution in [0.1, 0.15) is 56.2 Å². The van der Waals surface area contributed by atoms with Crippen LogP contribution in [0.3, 0.4) is 0 Å². The second kappa shape index (κ2) is 7.51. The Bertz CT molecular complexity index is 817. The maximum atomic E-state index is 13.0. The van der Waals surface area contributed by atoms with Crippen molar-refractivity contribution in [2.24, 2.45) is 0 Å². The quantitative estimate of drug-likeness (QED) is 0.802. The summed E-state index contributed by atoms with van der Waals surface area (Å²) in [6.07, 6.45) is 3.18. The van der Waals surface area contributed by atoms with Crippen LogP contribution in [-0.2, 0) is 0 Å². The van der Waals surface area contributed by atoms with Crippen molar-refractivity contribution in [2.75, 3.05) is 18.7 Å². The molecule has 1 atom stereocenters. The number of hydrogen-bond acceptors (Lipinski definition) is 3. The van der Waals surface area contributed by atoms with E-state index in [1.165, 1.54) is 11.1 Å². The number of rotatable bonds is 3. The van der Waals surface area contributed by atoms with Crippen molar-refractivity contribution in [1.82, 2.24) is 4.90 Å². The van der Waals surface area contributed by atoms with Gasteiger partial charge < -0.3 is 19.7 Å². The van der Waals surface area contributed by atoms with Gasteiger partial charge in [0.25, 0.3) is 0 Å². The number of carbonyl (C=O) groups excluding carboxylic acids is 1. The number of carbonyl (C=O) groups is 1. The number of likely N-dealkylation sites (tertiary alicyclic amines) is 1. The number of anilines is 1. The van der Waals surface area contributed by atoms with E-state index in [0.717, 1.165) is 31.5 Å². The van der Waals surface area contributed by atoms with E-state index in [-0.39, 0.29) is 18.9 Å². The third-order valence-electron chi connectivity index (χ3n) is 5.38. The minimum absolute atomic E-state index is 0.0634. The molecule has 1 unspecified atom stereocenters. The predicted molar refractivity (Wildman–Crippen MR) is 105 cm³/mol. The van der Waals surface area contributed by atoms with Crippen molar-refractivity contribution in [3.63, 3.8) is 0 Å². The van der Waals surface area contributed by atoms with E-state index >= 15 is 0 Å². The highest BCUT2D eigenvalue weighted by Crippen LogP contribution is 2.35. The molecule has 142 valence electrons. The molecule has 27 heavy (non-hydrogen) atoms. The van der Waals surface area contributed by atoms with Crippen LogP contribution < -0.4 is 14.8 Å². The molecule has 2 heterocycles. The number of nitrogens with zero attached hydrogens (tertiary/aromatic N) is 1. The van der Waals surface area contributed by atoms with Gasteiger partial charge in [0.15, 0.2) is 11.5 Å². The number of benzene rings is 2. The number of amides is 2. The number of ether oxygens (including phenoxy) is 2. The SMILES string of the molecule is CC(C)c1ccc(C2CCCCN2C(=O)Nc2ccc3c(c2)OCO3)cc1. The van der Waals surface area contributed by atoms with Gasteiger partial charge in [0.05, 0.1) is 6.04 Å². The van der Waals surface area contributed by atoms with E-state index in [2.05, 4.69) is 43.4 Å². The van der Waals surface area contributed by atoms with Gasteiger partial charge in [-0.05, 0) is 48.4 Å². The Kier molecular flexibility index (Phi) is 4.92. The van der Waals surface area contributed by atoms with E-state index in [1.807, 2.05) is 23.1 Å². The first-order valence-corrected chi connectivity index (χ1v) is 9.69. The molecule has 2 aliphatic rings. The Morgan fingerprint density at radius 3 is 2.63 bits per heavy atom. The van der Waals surface area contributed by atoms with Crippen LogP contribution in [0.5, 0.6) is 11.5 Å². The van der Waals surface area contributed by atoms with Gasteiger partial charge in [0.1, 0.15) is 0 Å². The van der Waals surface area contributed by atoms with Crippen LogP contribution in [0.4, 0.5) is 10.5 Å². The summed E-state index contributed by atoms with van der Waals surface area (Å²) in [6, 6.07) is 14.3. The fourth-order valence-corrected chi connectivity index (χ4v) is 3.79. The van der Waals surface area contributed by atoms with Crippen molar-refractivity contribution in [3.8, 4) is 11.5 Å². The molecule has 0 saturated carbocycles. The Balaban J connectivity index is 1.50. The first-order chi connectivity index (χ1) is 13.1. The Morgan fingerprint density at radius 2 is 1.85 bits per heavy atom. The third kappa shape index (κ3) is 3.72. The summed E-state index contributed by atoms with van der Waals surface area (Å²) in [6.45, 7) is 5.39. The summed E-state index contributed by atoms with van der Waals surface area (Å²) in [5.41, 5.74) is 3.26. The molecule has 2 aliphatic heterocycles. The average molecular weight is 366 g/mol. The molecule has 5 nitrogen and oxygen atoms in total. The van der Waals surface area contributed by atoms with Gasteiger partial charge in [0, 0.05) is 18.3 Å². The van der Waals surface area contributed by atoms with Gasteiger partial charge >= 0.3 is 6.03 Å². The number of piperidine rings is 1. The molecule has 5 heteroatoms. The van der Waals surface area contributed by atoms with E-state index in [9.17, 15) is 4.79 Å². The lowest BCUT2D eigenvalue weighted by atomic mass is 9.93. The molecule has 1 N–H and O–H groups in total. The van der Waals surface area contributed by atoms with Crippen molar-refractivity contribution in [3.05, 3.63) is 53.6 Å². The minimum atomic E-state index is -0.0634. The zero-order chi connectivity index (χ0) is 18.8. The molecular weight excluding hydrogens is 340 g/mol. The van der Waals surface area contributed by atoms with Crippen LogP contribution in [-0.4, -0.2) is 24.3 Å². The smallest absolute Gasteiger partial charge is 0.322 e. The first kappa shape index (κ1) is 17.7. The number of hydrogen-bond donors (Lipinski definition) is 1. The largest absolute Gasteiger partial charge is 0.454 e. The third-order valence-corrected chi connectivity index (χ3v) is 5.38. The number of urea groups is 1. The lowest BCUT2D eigenvalue weighted by molar-refractivity contribution is 0.163. The summed E-state index contributed by atoms with van der Waals surface area (Å²) >= 11 is 0. The molecule has 0 aliphatic carbocycles. The van der Waals surface area contributed by atoms with Crippen molar-refractivity contribution >= 4 is 11.7 Å². The van der Waals surface area contributed by atoms with Crippen molar-refractivity contribution in [2.45, 2.75) is 45.1 Å². The van der Waals surface area contributed by atoms with Crippen LogP contribution in [0.2, 0.25) is 0 Å². The van der Waals surface area contributed by atoms with Crippen LogP contribution in [0.15, 0.2) is 42.5 Å². The molecule has 2 aromatic carbocycles. The van der Waals surface area contributed by atoms with E-state index in [4.69, 9.17) is 9.47 Å². The van der Waals surface area contributed by atoms with E-state index in [1.54, 1.807) is 0 Å². The molecule has 1 saturated heterocycles. The molecule has 2 aromatic rings. The topological polar surface area (TPSA) is 50.8 Å². The molecule has 2 amide bonds. The summed E-state index contributed by atoms with van der Waals surface area (Å²) in [5.74, 6) is 1.90. The lowest BCUT2D eigenvalue weighted by Crippen LogP contribution is -2.41. The van der Waals surface area contributed by atoms with Crippen molar-refractivity contribution < 1.29 is 14.3 Å². The highest BCUT2D eigenvalue weighted by Gasteiger charge is 2.28. The summed E-state index contributed by atoms with van der Waals surface area (Å²) < 4.78 is 10.7. The molecular formula is C22H26N2O3. The van der Waals surface area contributed by atoms with Gasteiger partial charge in [-0.2, -0.15) is 0 Å². The molecule has 1 fully saturated rings. The number of fused-ring (bicyclic) bond motifs is 1. The fraction of sp³-hybridized carbons (Fsp3) is 0.409. The van der Waals surface area contributed by atoms with Gasteiger partial charge in [-0.25, -0.2) is 4.79 Å². The first-order valence-electron chi connectivity index (χ1n) is 9.69. The maximum Gasteiger partial charge on any atom is 0.322 e. The van der Waals surface area contributed by atoms with Gasteiger partial charge in [-0.15, -0.1) is 0 Å². The number of nitrogens with one attached hydrogen (secondary N) is 1. The summed E-state index contributed by atoms with van der Waals surface area (Å²) in [4.78, 5) is 14.9. The van der Waals surface area contributed by atoms with Gasteiger partial charge in [-0.1, -0.05) is 38.1 Å². The van der Waals surface area contributed by atoms with E-state index < -0.39 is 0 Å². The normalized spacial score (nSPS) is 18.6. The zero-order valence-electron chi connectivity index (χ0n) is 15.9. The van der Waals surface area contributed by atoms with Crippen LogP contribution >= 0.6 is 0 Å². The molecule has 0 spiro atoms. The Morgan fingerprint density at radius 1 is 1.07 bits per heavy atom. The highest BCUT2D eigenvalue weighted by molar-refractivity contribution is 5.90. The Labute approximate surface area is 160 Å². The van der Waals surface area contributed by atoms with Gasteiger partial charge in [0.2, 0.25) is 6.79 Å².